The van der Waals surface area contributed by atoms with E-state index in [4.69, 9.17) is 0 Å². The number of nitrogens with zero attached hydrogens (tertiary/aromatic N) is 1. The molecule has 2 rings (SSSR count). The Morgan fingerprint density at radius 2 is 1.94 bits per heavy atom. The molecule has 2 heteroatoms. The summed E-state index contributed by atoms with van der Waals surface area (Å²) in [4.78, 5) is 0. The molecule has 0 aliphatic heterocycles. The van der Waals surface area contributed by atoms with Gasteiger partial charge in [-0.15, -0.1) is 0 Å². The molecule has 1 saturated carbocycles. The van der Waals surface area contributed by atoms with E-state index in [9.17, 15) is 0 Å². The largest absolute Gasteiger partial charge is 0.346 e. The molecule has 0 amide bonds. The Hall–Kier alpha value is -0.760. The van der Waals surface area contributed by atoms with Crippen LogP contribution >= 0.6 is 0 Å². The molecular formula is C16H28N2. The average Bonchev–Trinajstić information content (AvgIpc) is 3.01. The lowest BCUT2D eigenvalue weighted by atomic mass is 10.1. The van der Waals surface area contributed by atoms with Gasteiger partial charge < -0.3 is 9.88 Å². The van der Waals surface area contributed by atoms with E-state index in [1.165, 1.54) is 37.1 Å². The van der Waals surface area contributed by atoms with E-state index in [1.54, 1.807) is 5.56 Å². The summed E-state index contributed by atoms with van der Waals surface area (Å²) in [5, 5.41) is 3.56. The number of aryl methyl sites for hydroxylation is 2. The highest BCUT2D eigenvalue weighted by Gasteiger charge is 2.26. The zero-order valence-electron chi connectivity index (χ0n) is 12.6. The van der Waals surface area contributed by atoms with Crippen molar-refractivity contribution in [3.05, 3.63) is 23.0 Å². The van der Waals surface area contributed by atoms with Crippen LogP contribution in [-0.4, -0.2) is 16.7 Å². The van der Waals surface area contributed by atoms with E-state index in [0.29, 0.717) is 0 Å². The van der Waals surface area contributed by atoms with Crippen molar-refractivity contribution in [2.75, 3.05) is 6.54 Å². The summed E-state index contributed by atoms with van der Waals surface area (Å²) in [5.41, 5.74) is 4.75. The predicted molar refractivity (Wildman–Crippen MR) is 78.3 cm³/mol. The SMILES string of the molecule is Cc1cc(CCCNC(C)(C)C)c(C)n1C1CC1. The van der Waals surface area contributed by atoms with Crippen LogP contribution in [0.15, 0.2) is 6.07 Å². The molecule has 18 heavy (non-hydrogen) atoms. The molecule has 0 atom stereocenters. The molecule has 1 N–H and O–H groups in total. The Morgan fingerprint density at radius 1 is 1.28 bits per heavy atom. The van der Waals surface area contributed by atoms with Crippen molar-refractivity contribution in [3.63, 3.8) is 0 Å². The maximum Gasteiger partial charge on any atom is 0.0337 e. The van der Waals surface area contributed by atoms with Crippen molar-refractivity contribution in [1.29, 1.82) is 0 Å². The first-order chi connectivity index (χ1) is 8.38. The molecule has 1 aliphatic rings. The smallest absolute Gasteiger partial charge is 0.0337 e. The van der Waals surface area contributed by atoms with Gasteiger partial charge in [0.25, 0.3) is 0 Å². The zero-order valence-corrected chi connectivity index (χ0v) is 12.6. The van der Waals surface area contributed by atoms with Crippen LogP contribution in [0, 0.1) is 13.8 Å². The number of hydrogen-bond donors (Lipinski definition) is 1. The van der Waals surface area contributed by atoms with Crippen LogP contribution in [0.4, 0.5) is 0 Å². The molecule has 0 radical (unpaired) electrons. The molecule has 1 aliphatic carbocycles. The molecule has 0 bridgehead atoms. The molecule has 0 unspecified atom stereocenters. The molecule has 0 aromatic carbocycles. The van der Waals surface area contributed by atoms with Gasteiger partial charge in [0.1, 0.15) is 0 Å². The first kappa shape index (κ1) is 13.7. The van der Waals surface area contributed by atoms with Crippen LogP contribution < -0.4 is 5.32 Å². The van der Waals surface area contributed by atoms with E-state index in [0.717, 1.165) is 12.6 Å². The standard InChI is InChI=1S/C16H28N2/c1-12-11-14(7-6-10-17-16(3,4)5)13(2)18(12)15-8-9-15/h11,15,17H,6-10H2,1-5H3. The highest BCUT2D eigenvalue weighted by atomic mass is 15.1. The summed E-state index contributed by atoms with van der Waals surface area (Å²) in [5.74, 6) is 0. The molecule has 102 valence electrons. The molecule has 2 nitrogen and oxygen atoms in total. The number of aromatic nitrogens is 1. The Morgan fingerprint density at radius 3 is 2.50 bits per heavy atom. The van der Waals surface area contributed by atoms with E-state index >= 15 is 0 Å². The second-order valence-electron chi connectivity index (χ2n) is 6.78. The highest BCUT2D eigenvalue weighted by molar-refractivity contribution is 5.28. The third-order valence-electron chi connectivity index (χ3n) is 3.78. The minimum absolute atomic E-state index is 0.241. The van der Waals surface area contributed by atoms with Gasteiger partial charge in [0.05, 0.1) is 0 Å². The lowest BCUT2D eigenvalue weighted by Crippen LogP contribution is -2.36. The first-order valence-electron chi connectivity index (χ1n) is 7.31. The fraction of sp³-hybridized carbons (Fsp3) is 0.750. The van der Waals surface area contributed by atoms with E-state index in [-0.39, 0.29) is 5.54 Å². The van der Waals surface area contributed by atoms with Crippen LogP contribution in [0.1, 0.15) is 63.0 Å². The molecular weight excluding hydrogens is 220 g/mol. The monoisotopic (exact) mass is 248 g/mol. The summed E-state index contributed by atoms with van der Waals surface area (Å²) in [7, 11) is 0. The third-order valence-corrected chi connectivity index (χ3v) is 3.78. The quantitative estimate of drug-likeness (QED) is 0.785. The molecule has 1 heterocycles. The third kappa shape index (κ3) is 3.38. The number of nitrogens with one attached hydrogen (secondary N) is 1. The Kier molecular flexibility index (Phi) is 3.86. The van der Waals surface area contributed by atoms with Crippen molar-refractivity contribution in [1.82, 2.24) is 9.88 Å². The lowest BCUT2D eigenvalue weighted by Gasteiger charge is -2.20. The fourth-order valence-electron chi connectivity index (χ4n) is 2.74. The summed E-state index contributed by atoms with van der Waals surface area (Å²) >= 11 is 0. The van der Waals surface area contributed by atoms with Crippen molar-refractivity contribution in [2.45, 2.75) is 71.9 Å². The van der Waals surface area contributed by atoms with Crippen molar-refractivity contribution in [3.8, 4) is 0 Å². The van der Waals surface area contributed by atoms with Crippen LogP contribution in [0.3, 0.4) is 0 Å². The Bertz CT molecular complexity index is 405. The summed E-state index contributed by atoms with van der Waals surface area (Å²) in [6.07, 6.45) is 5.18. The van der Waals surface area contributed by atoms with E-state index in [1.807, 2.05) is 0 Å². The number of rotatable bonds is 5. The van der Waals surface area contributed by atoms with Gasteiger partial charge in [0.15, 0.2) is 0 Å². The average molecular weight is 248 g/mol. The molecule has 0 spiro atoms. The molecule has 1 aromatic rings. The minimum Gasteiger partial charge on any atom is -0.346 e. The van der Waals surface area contributed by atoms with Gasteiger partial charge in [-0.3, -0.25) is 0 Å². The van der Waals surface area contributed by atoms with Crippen LogP contribution in [0.2, 0.25) is 0 Å². The number of hydrogen-bond acceptors (Lipinski definition) is 1. The zero-order chi connectivity index (χ0) is 13.3. The normalized spacial score (nSPS) is 16.3. The van der Waals surface area contributed by atoms with E-state index < -0.39 is 0 Å². The second-order valence-corrected chi connectivity index (χ2v) is 6.78. The maximum atomic E-state index is 3.56. The van der Waals surface area contributed by atoms with Crippen LogP contribution in [0.5, 0.6) is 0 Å². The Labute approximate surface area is 112 Å². The molecule has 0 saturated heterocycles. The lowest BCUT2D eigenvalue weighted by molar-refractivity contribution is 0.422. The van der Waals surface area contributed by atoms with Crippen molar-refractivity contribution in [2.24, 2.45) is 0 Å². The predicted octanol–water partition coefficient (Wildman–Crippen LogP) is 3.76. The van der Waals surface area contributed by atoms with Crippen molar-refractivity contribution >= 4 is 0 Å². The van der Waals surface area contributed by atoms with Gasteiger partial charge in [-0.2, -0.15) is 0 Å². The second kappa shape index (κ2) is 5.08. The fourth-order valence-corrected chi connectivity index (χ4v) is 2.74. The molecule has 1 fully saturated rings. The summed E-state index contributed by atoms with van der Waals surface area (Å²) in [6.45, 7) is 12.3. The van der Waals surface area contributed by atoms with Gasteiger partial charge >= 0.3 is 0 Å². The Balaban J connectivity index is 1.88. The first-order valence-corrected chi connectivity index (χ1v) is 7.31. The summed E-state index contributed by atoms with van der Waals surface area (Å²) in [6, 6.07) is 3.21. The van der Waals surface area contributed by atoms with Gasteiger partial charge in [0, 0.05) is 23.0 Å². The van der Waals surface area contributed by atoms with Crippen LogP contribution in [-0.2, 0) is 6.42 Å². The maximum absolute atomic E-state index is 3.56. The topological polar surface area (TPSA) is 17.0 Å². The van der Waals surface area contributed by atoms with Gasteiger partial charge in [-0.1, -0.05) is 0 Å². The van der Waals surface area contributed by atoms with Crippen molar-refractivity contribution < 1.29 is 0 Å². The van der Waals surface area contributed by atoms with Gasteiger partial charge in [-0.25, -0.2) is 0 Å². The van der Waals surface area contributed by atoms with Crippen LogP contribution in [0.25, 0.3) is 0 Å². The summed E-state index contributed by atoms with van der Waals surface area (Å²) < 4.78 is 2.55. The van der Waals surface area contributed by atoms with Gasteiger partial charge in [0.2, 0.25) is 0 Å². The van der Waals surface area contributed by atoms with Gasteiger partial charge in [-0.05, 0) is 78.5 Å². The minimum atomic E-state index is 0.241. The molecule has 1 aromatic heterocycles. The highest BCUT2D eigenvalue weighted by Crippen LogP contribution is 2.38. The van der Waals surface area contributed by atoms with E-state index in [2.05, 4.69) is 50.6 Å².